The van der Waals surface area contributed by atoms with E-state index in [1.807, 2.05) is 0 Å². The van der Waals surface area contributed by atoms with Crippen LogP contribution in [0.1, 0.15) is 40.0 Å². The Balaban J connectivity index is 4.00. The van der Waals surface area contributed by atoms with Gasteiger partial charge in [0, 0.05) is 11.8 Å². The van der Waals surface area contributed by atoms with Crippen molar-refractivity contribution < 1.29 is 9.22 Å². The predicted octanol–water partition coefficient (Wildman–Crippen LogP) is 4.10. The van der Waals surface area contributed by atoms with Gasteiger partial charge in [0.05, 0.1) is 0 Å². The maximum absolute atomic E-state index is 11.6. The van der Waals surface area contributed by atoms with Gasteiger partial charge in [0.15, 0.2) is 0 Å². The molecule has 0 amide bonds. The van der Waals surface area contributed by atoms with Gasteiger partial charge in [0.1, 0.15) is 0 Å². The van der Waals surface area contributed by atoms with Gasteiger partial charge in [-0.05, 0) is 31.0 Å². The van der Waals surface area contributed by atoms with Gasteiger partial charge in [0.2, 0.25) is 0 Å². The molecule has 0 heterocycles. The summed E-state index contributed by atoms with van der Waals surface area (Å²) in [5.74, 6) is 0.0215. The van der Waals surface area contributed by atoms with Crippen molar-refractivity contribution in [3.05, 3.63) is 0 Å². The van der Waals surface area contributed by atoms with E-state index in [0.29, 0.717) is 6.42 Å². The third kappa shape index (κ3) is 5.71. The Morgan fingerprint density at radius 3 is 2.07 bits per heavy atom. The zero-order chi connectivity index (χ0) is 11.7. The van der Waals surface area contributed by atoms with Crippen LogP contribution in [-0.4, -0.2) is 19.6 Å². The Kier molecular flexibility index (Phi) is 8.43. The summed E-state index contributed by atoms with van der Waals surface area (Å²) in [5, 5.41) is 0.970. The van der Waals surface area contributed by atoms with Crippen molar-refractivity contribution in [3.63, 3.8) is 0 Å². The Hall–Kier alpha value is 0.167. The summed E-state index contributed by atoms with van der Waals surface area (Å²) in [7, 11) is -1.70. The number of carbonyl (C=O) groups is 1. The zero-order valence-electron chi connectivity index (χ0n) is 10.1. The molecule has 0 spiro atoms. The molecule has 15 heavy (non-hydrogen) atoms. The lowest BCUT2D eigenvalue weighted by Crippen LogP contribution is -2.38. The van der Waals surface area contributed by atoms with Gasteiger partial charge < -0.3 is 4.43 Å². The van der Waals surface area contributed by atoms with Gasteiger partial charge in [-0.2, -0.15) is 0 Å². The highest BCUT2D eigenvalue weighted by atomic mass is 79.9. The normalized spacial score (nSPS) is 11.5. The SMILES string of the molecule is CC[Si](CC)(CC)OC(=O)CCCCBr. The molecule has 0 atom stereocenters. The van der Waals surface area contributed by atoms with Gasteiger partial charge in [-0.1, -0.05) is 36.7 Å². The van der Waals surface area contributed by atoms with Crippen molar-refractivity contribution in [1.82, 2.24) is 0 Å². The molecule has 0 saturated heterocycles. The minimum absolute atomic E-state index is 0.0215. The molecule has 0 aromatic heterocycles. The molecular formula is C11H23BrO2Si. The van der Waals surface area contributed by atoms with Gasteiger partial charge in [-0.3, -0.25) is 4.79 Å². The molecule has 0 aromatic rings. The highest BCUT2D eigenvalue weighted by Gasteiger charge is 2.32. The van der Waals surface area contributed by atoms with E-state index in [1.54, 1.807) is 0 Å². The largest absolute Gasteiger partial charge is 0.519 e. The van der Waals surface area contributed by atoms with Crippen LogP contribution in [0.4, 0.5) is 0 Å². The summed E-state index contributed by atoms with van der Waals surface area (Å²) >= 11 is 3.36. The predicted molar refractivity (Wildman–Crippen MR) is 70.9 cm³/mol. The van der Waals surface area contributed by atoms with Crippen molar-refractivity contribution in [3.8, 4) is 0 Å². The summed E-state index contributed by atoms with van der Waals surface area (Å²) in [6.45, 7) is 6.43. The van der Waals surface area contributed by atoms with Crippen molar-refractivity contribution in [1.29, 1.82) is 0 Å². The third-order valence-corrected chi connectivity index (χ3v) is 8.12. The highest BCUT2D eigenvalue weighted by Crippen LogP contribution is 2.22. The van der Waals surface area contributed by atoms with Gasteiger partial charge in [-0.25, -0.2) is 0 Å². The molecule has 2 nitrogen and oxygen atoms in total. The lowest BCUT2D eigenvalue weighted by Gasteiger charge is -2.27. The van der Waals surface area contributed by atoms with E-state index in [9.17, 15) is 4.79 Å². The summed E-state index contributed by atoms with van der Waals surface area (Å²) in [6.07, 6.45) is 2.57. The molecule has 0 radical (unpaired) electrons. The van der Waals surface area contributed by atoms with Crippen molar-refractivity contribution in [2.75, 3.05) is 5.33 Å². The molecule has 0 unspecified atom stereocenters. The van der Waals surface area contributed by atoms with Crippen molar-refractivity contribution in [2.24, 2.45) is 0 Å². The number of halogens is 1. The molecule has 0 aliphatic carbocycles. The second kappa shape index (κ2) is 8.33. The quantitative estimate of drug-likeness (QED) is 0.383. The molecule has 90 valence electrons. The number of rotatable bonds is 8. The van der Waals surface area contributed by atoms with E-state index >= 15 is 0 Å². The molecule has 0 rings (SSSR count). The second-order valence-electron chi connectivity index (χ2n) is 3.86. The van der Waals surface area contributed by atoms with Crippen LogP contribution in [0.2, 0.25) is 18.1 Å². The Bertz CT molecular complexity index is 173. The first-order valence-corrected chi connectivity index (χ1v) is 9.57. The maximum Gasteiger partial charge on any atom is 0.292 e. The molecule has 4 heteroatoms. The number of unbranched alkanes of at least 4 members (excludes halogenated alkanes) is 1. The van der Waals surface area contributed by atoms with E-state index in [-0.39, 0.29) is 5.97 Å². The Morgan fingerprint density at radius 1 is 1.13 bits per heavy atom. The van der Waals surface area contributed by atoms with E-state index in [2.05, 4.69) is 36.7 Å². The zero-order valence-corrected chi connectivity index (χ0v) is 12.7. The van der Waals surface area contributed by atoms with E-state index in [1.165, 1.54) is 0 Å². The van der Waals surface area contributed by atoms with Crippen molar-refractivity contribution >= 4 is 30.2 Å². The molecule has 0 bridgehead atoms. The lowest BCUT2D eigenvalue weighted by molar-refractivity contribution is -0.135. The fraction of sp³-hybridized carbons (Fsp3) is 0.909. The summed E-state index contributed by atoms with van der Waals surface area (Å²) in [6, 6.07) is 3.14. The van der Waals surface area contributed by atoms with E-state index < -0.39 is 8.32 Å². The number of alkyl halides is 1. The number of hydrogen-bond acceptors (Lipinski definition) is 2. The lowest BCUT2D eigenvalue weighted by atomic mass is 10.3. The van der Waals surface area contributed by atoms with Crippen LogP contribution in [0.25, 0.3) is 0 Å². The van der Waals surface area contributed by atoms with Crippen LogP contribution in [0, 0.1) is 0 Å². The van der Waals surface area contributed by atoms with Gasteiger partial charge in [0.25, 0.3) is 14.3 Å². The summed E-state index contributed by atoms with van der Waals surface area (Å²) in [5.41, 5.74) is 0. The van der Waals surface area contributed by atoms with Gasteiger partial charge >= 0.3 is 0 Å². The van der Waals surface area contributed by atoms with Crippen LogP contribution >= 0.6 is 15.9 Å². The topological polar surface area (TPSA) is 26.3 Å². The maximum atomic E-state index is 11.6. The monoisotopic (exact) mass is 294 g/mol. The molecule has 0 fully saturated rings. The average molecular weight is 295 g/mol. The first-order valence-electron chi connectivity index (χ1n) is 5.92. The fourth-order valence-corrected chi connectivity index (χ4v) is 4.54. The second-order valence-corrected chi connectivity index (χ2v) is 9.35. The smallest absolute Gasteiger partial charge is 0.292 e. The minimum atomic E-state index is -1.70. The minimum Gasteiger partial charge on any atom is -0.519 e. The van der Waals surface area contributed by atoms with E-state index in [0.717, 1.165) is 36.3 Å². The van der Waals surface area contributed by atoms with E-state index in [4.69, 9.17) is 4.43 Å². The molecule has 0 aromatic carbocycles. The molecule has 0 aliphatic rings. The average Bonchev–Trinajstić information content (AvgIpc) is 2.26. The molecular weight excluding hydrogens is 272 g/mol. The summed E-state index contributed by atoms with van der Waals surface area (Å²) < 4.78 is 5.72. The fourth-order valence-electron chi connectivity index (χ4n) is 1.62. The van der Waals surface area contributed by atoms with Crippen LogP contribution in [0.15, 0.2) is 0 Å². The van der Waals surface area contributed by atoms with Crippen LogP contribution in [0.3, 0.4) is 0 Å². The molecule has 0 aliphatic heterocycles. The molecule has 0 saturated carbocycles. The number of carbonyl (C=O) groups excluding carboxylic acids is 1. The van der Waals surface area contributed by atoms with Crippen LogP contribution in [-0.2, 0) is 9.22 Å². The molecule has 0 N–H and O–H groups in total. The van der Waals surface area contributed by atoms with Gasteiger partial charge in [-0.15, -0.1) is 0 Å². The highest BCUT2D eigenvalue weighted by molar-refractivity contribution is 9.09. The standard InChI is InChI=1S/C11H23BrO2Si/c1-4-15(5-2,6-3)14-11(13)9-7-8-10-12/h4-10H2,1-3H3. The Morgan fingerprint density at radius 2 is 1.67 bits per heavy atom. The first kappa shape index (κ1) is 15.2. The Labute approximate surface area is 103 Å². The first-order chi connectivity index (χ1) is 7.14. The van der Waals surface area contributed by atoms with Crippen molar-refractivity contribution in [2.45, 2.75) is 58.2 Å². The third-order valence-electron chi connectivity index (χ3n) is 3.03. The van der Waals surface area contributed by atoms with Crippen LogP contribution in [0.5, 0.6) is 0 Å². The summed E-state index contributed by atoms with van der Waals surface area (Å²) in [4.78, 5) is 11.6. The number of hydrogen-bond donors (Lipinski definition) is 0. The van der Waals surface area contributed by atoms with Crippen LogP contribution < -0.4 is 0 Å².